The number of alkyl halides is 3. The molecule has 0 radical (unpaired) electrons. The summed E-state index contributed by atoms with van der Waals surface area (Å²) in [4.78, 5) is 15.1. The van der Waals surface area contributed by atoms with Crippen LogP contribution in [-0.4, -0.2) is 17.4 Å². The summed E-state index contributed by atoms with van der Waals surface area (Å²) >= 11 is 0.755. The summed E-state index contributed by atoms with van der Waals surface area (Å²) in [7, 11) is 0. The number of carbonyl (C=O) groups is 1. The topological polar surface area (TPSA) is 42.0 Å². The Balaban J connectivity index is 2.43. The number of amides is 1. The van der Waals surface area contributed by atoms with Crippen molar-refractivity contribution in [3.63, 3.8) is 0 Å². The van der Waals surface area contributed by atoms with Gasteiger partial charge in [-0.3, -0.25) is 4.79 Å². The fourth-order valence-electron chi connectivity index (χ4n) is 1.69. The lowest BCUT2D eigenvalue weighted by Crippen LogP contribution is -2.25. The third kappa shape index (κ3) is 3.60. The molecule has 0 aliphatic rings. The Hall–Kier alpha value is -1.89. The van der Waals surface area contributed by atoms with Crippen molar-refractivity contribution in [1.82, 2.24) is 10.3 Å². The first-order chi connectivity index (χ1) is 9.93. The van der Waals surface area contributed by atoms with Gasteiger partial charge in [0.25, 0.3) is 5.91 Å². The van der Waals surface area contributed by atoms with Gasteiger partial charge in [-0.25, -0.2) is 4.98 Å². The summed E-state index contributed by atoms with van der Waals surface area (Å²) < 4.78 is 39.1. The maximum Gasteiger partial charge on any atom is 0.435 e. The second-order valence-corrected chi connectivity index (χ2v) is 5.32. The average molecular weight is 314 g/mol. The number of benzene rings is 1. The lowest BCUT2D eigenvalue weighted by Gasteiger charge is -2.06. The van der Waals surface area contributed by atoms with Gasteiger partial charge in [-0.2, -0.15) is 13.2 Å². The molecule has 21 heavy (non-hydrogen) atoms. The highest BCUT2D eigenvalue weighted by atomic mass is 32.1. The number of aromatic nitrogens is 1. The highest BCUT2D eigenvalue weighted by molar-refractivity contribution is 7.17. The minimum absolute atomic E-state index is 0.185. The summed E-state index contributed by atoms with van der Waals surface area (Å²) in [5, 5.41) is 2.64. The zero-order chi connectivity index (χ0) is 15.5. The molecule has 0 saturated carbocycles. The highest BCUT2D eigenvalue weighted by Crippen LogP contribution is 2.37. The van der Waals surface area contributed by atoms with Crippen LogP contribution in [0.5, 0.6) is 0 Å². The Morgan fingerprint density at radius 2 is 1.95 bits per heavy atom. The Morgan fingerprint density at radius 3 is 2.52 bits per heavy atom. The molecule has 0 saturated heterocycles. The van der Waals surface area contributed by atoms with Crippen molar-refractivity contribution in [1.29, 1.82) is 0 Å². The molecule has 0 fully saturated rings. The molecule has 1 aromatic carbocycles. The van der Waals surface area contributed by atoms with Crippen LogP contribution in [0.3, 0.4) is 0 Å². The number of hydrogen-bond donors (Lipinski definition) is 1. The van der Waals surface area contributed by atoms with Crippen LogP contribution >= 0.6 is 11.3 Å². The monoisotopic (exact) mass is 314 g/mol. The SMILES string of the molecule is CCCNC(=O)c1sc(-c2ccccc2)nc1C(F)(F)F. The lowest BCUT2D eigenvalue weighted by atomic mass is 10.2. The summed E-state index contributed by atoms with van der Waals surface area (Å²) in [5.74, 6) is -0.733. The fourth-order valence-corrected chi connectivity index (χ4v) is 2.70. The van der Waals surface area contributed by atoms with E-state index in [1.807, 2.05) is 6.92 Å². The van der Waals surface area contributed by atoms with Crippen LogP contribution in [0.15, 0.2) is 30.3 Å². The van der Waals surface area contributed by atoms with Crippen molar-refractivity contribution in [2.24, 2.45) is 0 Å². The minimum Gasteiger partial charge on any atom is -0.351 e. The van der Waals surface area contributed by atoms with Crippen molar-refractivity contribution in [2.75, 3.05) is 6.54 Å². The van der Waals surface area contributed by atoms with Crippen LogP contribution in [0.2, 0.25) is 0 Å². The van der Waals surface area contributed by atoms with E-state index in [-0.39, 0.29) is 5.01 Å². The normalized spacial score (nSPS) is 11.4. The summed E-state index contributed by atoms with van der Waals surface area (Å²) in [6.07, 6.45) is -4.00. The van der Waals surface area contributed by atoms with Gasteiger partial charge in [0.15, 0.2) is 5.69 Å². The van der Waals surface area contributed by atoms with Crippen molar-refractivity contribution in [2.45, 2.75) is 19.5 Å². The first-order valence-corrected chi connectivity index (χ1v) is 7.16. The highest BCUT2D eigenvalue weighted by Gasteiger charge is 2.39. The smallest absolute Gasteiger partial charge is 0.351 e. The quantitative estimate of drug-likeness (QED) is 0.928. The molecule has 112 valence electrons. The molecule has 0 spiro atoms. The Bertz CT molecular complexity index is 623. The van der Waals surface area contributed by atoms with Crippen LogP contribution in [0, 0.1) is 0 Å². The minimum atomic E-state index is -4.65. The van der Waals surface area contributed by atoms with Gasteiger partial charge >= 0.3 is 6.18 Å². The van der Waals surface area contributed by atoms with Crippen LogP contribution in [0.1, 0.15) is 28.7 Å². The van der Waals surface area contributed by atoms with E-state index in [0.717, 1.165) is 11.3 Å². The van der Waals surface area contributed by atoms with Gasteiger partial charge in [0.1, 0.15) is 9.88 Å². The molecule has 2 aromatic rings. The van der Waals surface area contributed by atoms with Gasteiger partial charge in [0.05, 0.1) is 0 Å². The van der Waals surface area contributed by atoms with Crippen LogP contribution in [0.25, 0.3) is 10.6 Å². The molecule has 0 unspecified atom stereocenters. The fraction of sp³-hybridized carbons (Fsp3) is 0.286. The van der Waals surface area contributed by atoms with E-state index in [4.69, 9.17) is 0 Å². The maximum absolute atomic E-state index is 13.0. The van der Waals surface area contributed by atoms with E-state index in [9.17, 15) is 18.0 Å². The average Bonchev–Trinajstić information content (AvgIpc) is 2.91. The summed E-state index contributed by atoms with van der Waals surface area (Å²) in [6, 6.07) is 8.50. The zero-order valence-electron chi connectivity index (χ0n) is 11.2. The number of hydrogen-bond acceptors (Lipinski definition) is 3. The summed E-state index contributed by atoms with van der Waals surface area (Å²) in [6.45, 7) is 2.15. The molecule has 7 heteroatoms. The van der Waals surface area contributed by atoms with E-state index in [1.54, 1.807) is 30.3 Å². The van der Waals surface area contributed by atoms with E-state index in [2.05, 4.69) is 10.3 Å². The Morgan fingerprint density at radius 1 is 1.29 bits per heavy atom. The predicted octanol–water partition coefficient (Wildman–Crippen LogP) is 3.97. The summed E-state index contributed by atoms with van der Waals surface area (Å²) in [5.41, 5.74) is -0.567. The molecule has 3 nitrogen and oxygen atoms in total. The second-order valence-electron chi connectivity index (χ2n) is 4.32. The third-order valence-corrected chi connectivity index (χ3v) is 3.76. The molecule has 2 rings (SSSR count). The lowest BCUT2D eigenvalue weighted by molar-refractivity contribution is -0.141. The molecule has 1 heterocycles. The van der Waals surface area contributed by atoms with E-state index in [1.165, 1.54) is 0 Å². The Kier molecular flexibility index (Phi) is 4.62. The third-order valence-electron chi connectivity index (χ3n) is 2.66. The van der Waals surface area contributed by atoms with Crippen LogP contribution < -0.4 is 5.32 Å². The largest absolute Gasteiger partial charge is 0.435 e. The molecule has 0 aliphatic heterocycles. The van der Waals surface area contributed by atoms with Crippen LogP contribution in [0.4, 0.5) is 13.2 Å². The molecule has 1 N–H and O–H groups in total. The number of carbonyl (C=O) groups excluding carboxylic acids is 1. The van der Waals surface area contributed by atoms with Gasteiger partial charge < -0.3 is 5.32 Å². The molecule has 0 bridgehead atoms. The zero-order valence-corrected chi connectivity index (χ0v) is 12.0. The standard InChI is InChI=1S/C14H13F3N2OS/c1-2-8-18-12(20)10-11(14(15,16)17)19-13(21-10)9-6-4-3-5-7-9/h3-7H,2,8H2,1H3,(H,18,20). The van der Waals surface area contributed by atoms with Crippen LogP contribution in [-0.2, 0) is 6.18 Å². The molecule has 0 aliphatic carbocycles. The first kappa shape index (κ1) is 15.5. The number of halogens is 3. The maximum atomic E-state index is 13.0. The number of rotatable bonds is 4. The number of thiazole rings is 1. The number of nitrogens with zero attached hydrogens (tertiary/aromatic N) is 1. The van der Waals surface area contributed by atoms with Crippen molar-refractivity contribution in [3.05, 3.63) is 40.9 Å². The number of nitrogens with one attached hydrogen (secondary N) is 1. The predicted molar refractivity (Wildman–Crippen MR) is 75.2 cm³/mol. The van der Waals surface area contributed by atoms with E-state index in [0.29, 0.717) is 18.5 Å². The molecule has 0 atom stereocenters. The van der Waals surface area contributed by atoms with Crippen molar-refractivity contribution < 1.29 is 18.0 Å². The molecular weight excluding hydrogens is 301 g/mol. The van der Waals surface area contributed by atoms with Gasteiger partial charge in [-0.15, -0.1) is 11.3 Å². The molecular formula is C14H13F3N2OS. The van der Waals surface area contributed by atoms with Gasteiger partial charge in [0, 0.05) is 12.1 Å². The van der Waals surface area contributed by atoms with Gasteiger partial charge in [0.2, 0.25) is 0 Å². The van der Waals surface area contributed by atoms with Gasteiger partial charge in [-0.05, 0) is 6.42 Å². The van der Waals surface area contributed by atoms with Gasteiger partial charge in [-0.1, -0.05) is 37.3 Å². The van der Waals surface area contributed by atoms with E-state index < -0.39 is 22.7 Å². The Labute approximate surface area is 123 Å². The first-order valence-electron chi connectivity index (χ1n) is 6.35. The molecule has 1 aromatic heterocycles. The van der Waals surface area contributed by atoms with Crippen molar-refractivity contribution in [3.8, 4) is 10.6 Å². The second kappa shape index (κ2) is 6.26. The molecule has 1 amide bonds. The van der Waals surface area contributed by atoms with E-state index >= 15 is 0 Å². The van der Waals surface area contributed by atoms with Crippen molar-refractivity contribution >= 4 is 17.2 Å².